The van der Waals surface area contributed by atoms with Gasteiger partial charge in [0.05, 0.1) is 32.8 Å². The van der Waals surface area contributed by atoms with Crippen molar-refractivity contribution in [3.8, 4) is 5.75 Å². The summed E-state index contributed by atoms with van der Waals surface area (Å²) in [6.45, 7) is 6.81. The largest absolute Gasteiger partial charge is 0.494 e. The average molecular weight is 364 g/mol. The van der Waals surface area contributed by atoms with E-state index < -0.39 is 0 Å². The Labute approximate surface area is 154 Å². The van der Waals surface area contributed by atoms with Crippen LogP contribution >= 0.6 is 12.2 Å². The van der Waals surface area contributed by atoms with E-state index in [0.717, 1.165) is 55.6 Å². The lowest BCUT2D eigenvalue weighted by Crippen LogP contribution is -3.15. The topological polar surface area (TPSA) is 58.0 Å². The molecule has 0 atom stereocenters. The second-order valence-electron chi connectivity index (χ2n) is 6.64. The molecule has 3 N–H and O–H groups in total. The van der Waals surface area contributed by atoms with Crippen LogP contribution in [-0.4, -0.2) is 61.3 Å². The number of carbonyl (C=O) groups excluding carboxylic acids is 1. The lowest BCUT2D eigenvalue weighted by atomic mass is 10.3. The number of nitrogens with one attached hydrogen (secondary N) is 3. The first-order valence-corrected chi connectivity index (χ1v) is 9.46. The molecule has 25 heavy (non-hydrogen) atoms. The van der Waals surface area contributed by atoms with Crippen molar-refractivity contribution in [3.63, 3.8) is 0 Å². The van der Waals surface area contributed by atoms with E-state index in [4.69, 9.17) is 17.0 Å². The summed E-state index contributed by atoms with van der Waals surface area (Å²) in [5, 5.41) is 7.09. The number of carbonyl (C=O) groups is 1. The molecule has 0 unspecified atom stereocenters. The van der Waals surface area contributed by atoms with Crippen LogP contribution in [0.15, 0.2) is 24.3 Å². The van der Waals surface area contributed by atoms with Crippen LogP contribution in [0.1, 0.15) is 19.8 Å². The summed E-state index contributed by atoms with van der Waals surface area (Å²) in [5.74, 6) is 1.04. The van der Waals surface area contributed by atoms with Gasteiger partial charge in [0.15, 0.2) is 11.7 Å². The minimum Gasteiger partial charge on any atom is -0.494 e. The van der Waals surface area contributed by atoms with Crippen molar-refractivity contribution in [2.24, 2.45) is 0 Å². The number of anilines is 1. The van der Waals surface area contributed by atoms with Crippen molar-refractivity contribution in [2.75, 3.05) is 44.6 Å². The molecule has 0 spiro atoms. The van der Waals surface area contributed by atoms with Crippen LogP contribution in [0.2, 0.25) is 0 Å². The predicted molar refractivity (Wildman–Crippen MR) is 102 cm³/mol. The molecule has 1 aromatic carbocycles. The van der Waals surface area contributed by atoms with E-state index in [9.17, 15) is 4.79 Å². The Morgan fingerprint density at radius 1 is 1.28 bits per heavy atom. The van der Waals surface area contributed by atoms with E-state index in [1.54, 1.807) is 0 Å². The fraction of sp³-hybridized carbons (Fsp3) is 0.556. The molecule has 3 rings (SSSR count). The summed E-state index contributed by atoms with van der Waals surface area (Å²) < 4.78 is 5.45. The third-order valence-electron chi connectivity index (χ3n) is 4.53. The fourth-order valence-electron chi connectivity index (χ4n) is 2.94. The monoisotopic (exact) mass is 363 g/mol. The van der Waals surface area contributed by atoms with Gasteiger partial charge >= 0.3 is 0 Å². The maximum atomic E-state index is 11.9. The summed E-state index contributed by atoms with van der Waals surface area (Å²) in [6.07, 6.45) is 2.28. The van der Waals surface area contributed by atoms with E-state index in [0.29, 0.717) is 19.2 Å². The van der Waals surface area contributed by atoms with Gasteiger partial charge < -0.3 is 25.2 Å². The zero-order chi connectivity index (χ0) is 17.6. The molecular weight excluding hydrogens is 336 g/mol. The first-order chi connectivity index (χ1) is 12.1. The SMILES string of the molecule is CCOc1ccc(NC(=S)N2CC[NH+](CC(=O)NC3CC3)CC2)cc1. The average Bonchev–Trinajstić information content (AvgIpc) is 3.41. The molecular formula is C18H27N4O2S+. The van der Waals surface area contributed by atoms with Crippen LogP contribution in [0.4, 0.5) is 5.69 Å². The standard InChI is InChI=1S/C18H26N4O2S/c1-2-24-16-7-5-15(6-8-16)20-18(25)22-11-9-21(10-12-22)13-17(23)19-14-3-4-14/h5-8,14H,2-4,9-13H2,1H3,(H,19,23)(H,20,25)/p+1. The maximum absolute atomic E-state index is 11.9. The van der Waals surface area contributed by atoms with Gasteiger partial charge in [-0.25, -0.2) is 0 Å². The molecule has 136 valence electrons. The first kappa shape index (κ1) is 17.9. The quantitative estimate of drug-likeness (QED) is 0.633. The smallest absolute Gasteiger partial charge is 0.275 e. The van der Waals surface area contributed by atoms with Crippen molar-refractivity contribution in [1.82, 2.24) is 10.2 Å². The van der Waals surface area contributed by atoms with Gasteiger partial charge in [0.1, 0.15) is 5.75 Å². The van der Waals surface area contributed by atoms with Crippen molar-refractivity contribution in [3.05, 3.63) is 24.3 Å². The Bertz CT molecular complexity index is 596. The van der Waals surface area contributed by atoms with Crippen LogP contribution in [0.5, 0.6) is 5.75 Å². The van der Waals surface area contributed by atoms with Gasteiger partial charge in [-0.15, -0.1) is 0 Å². The van der Waals surface area contributed by atoms with Crippen LogP contribution in [0.3, 0.4) is 0 Å². The van der Waals surface area contributed by atoms with Gasteiger partial charge in [-0.2, -0.15) is 0 Å². The zero-order valence-electron chi connectivity index (χ0n) is 14.7. The second kappa shape index (κ2) is 8.49. The number of thiocarbonyl (C=S) groups is 1. The lowest BCUT2D eigenvalue weighted by Gasteiger charge is -2.33. The molecule has 2 fully saturated rings. The molecule has 1 aromatic rings. The van der Waals surface area contributed by atoms with Crippen LogP contribution in [-0.2, 0) is 4.79 Å². The van der Waals surface area contributed by atoms with E-state index in [1.165, 1.54) is 4.90 Å². The Hall–Kier alpha value is -1.86. The minimum atomic E-state index is 0.182. The molecule has 0 radical (unpaired) electrons. The highest BCUT2D eigenvalue weighted by Crippen LogP contribution is 2.18. The molecule has 0 bridgehead atoms. The number of benzene rings is 1. The van der Waals surface area contributed by atoms with Gasteiger partial charge in [-0.05, 0) is 56.2 Å². The highest BCUT2D eigenvalue weighted by molar-refractivity contribution is 7.80. The van der Waals surface area contributed by atoms with Gasteiger partial charge in [0, 0.05) is 11.7 Å². The highest BCUT2D eigenvalue weighted by atomic mass is 32.1. The number of nitrogens with zero attached hydrogens (tertiary/aromatic N) is 1. The number of piperazine rings is 1. The second-order valence-corrected chi connectivity index (χ2v) is 7.03. The molecule has 1 saturated carbocycles. The zero-order valence-corrected chi connectivity index (χ0v) is 15.5. The molecule has 2 aliphatic rings. The summed E-state index contributed by atoms with van der Waals surface area (Å²) >= 11 is 5.53. The third kappa shape index (κ3) is 5.57. The van der Waals surface area contributed by atoms with Crippen molar-refractivity contribution < 1.29 is 14.4 Å². The number of rotatable bonds is 6. The molecule has 1 amide bonds. The van der Waals surface area contributed by atoms with E-state index >= 15 is 0 Å². The van der Waals surface area contributed by atoms with E-state index in [1.807, 2.05) is 31.2 Å². The summed E-state index contributed by atoms with van der Waals surface area (Å²) in [4.78, 5) is 15.4. The molecule has 0 aromatic heterocycles. The molecule has 1 saturated heterocycles. The number of hydrogen-bond acceptors (Lipinski definition) is 3. The minimum absolute atomic E-state index is 0.182. The van der Waals surface area contributed by atoms with Crippen molar-refractivity contribution in [1.29, 1.82) is 0 Å². The van der Waals surface area contributed by atoms with Crippen molar-refractivity contribution >= 4 is 28.9 Å². The van der Waals surface area contributed by atoms with Gasteiger partial charge in [0.25, 0.3) is 5.91 Å². The number of hydrogen-bond donors (Lipinski definition) is 3. The molecule has 7 heteroatoms. The van der Waals surface area contributed by atoms with Gasteiger partial charge in [-0.3, -0.25) is 4.79 Å². The Kier molecular flexibility index (Phi) is 6.09. The van der Waals surface area contributed by atoms with Crippen molar-refractivity contribution in [2.45, 2.75) is 25.8 Å². The molecule has 1 aliphatic carbocycles. The van der Waals surface area contributed by atoms with Crippen LogP contribution in [0, 0.1) is 0 Å². The molecule has 6 nitrogen and oxygen atoms in total. The first-order valence-electron chi connectivity index (χ1n) is 9.05. The Balaban J connectivity index is 1.40. The summed E-state index contributed by atoms with van der Waals surface area (Å²) in [5.41, 5.74) is 0.965. The maximum Gasteiger partial charge on any atom is 0.275 e. The number of amides is 1. The summed E-state index contributed by atoms with van der Waals surface area (Å²) in [7, 11) is 0. The number of quaternary nitrogens is 1. The highest BCUT2D eigenvalue weighted by Gasteiger charge is 2.27. The van der Waals surface area contributed by atoms with Crippen LogP contribution in [0.25, 0.3) is 0 Å². The third-order valence-corrected chi connectivity index (χ3v) is 4.89. The number of ether oxygens (including phenoxy) is 1. The van der Waals surface area contributed by atoms with Crippen LogP contribution < -0.4 is 20.3 Å². The molecule has 1 aliphatic heterocycles. The lowest BCUT2D eigenvalue weighted by molar-refractivity contribution is -0.895. The van der Waals surface area contributed by atoms with Gasteiger partial charge in [-0.1, -0.05) is 0 Å². The Morgan fingerprint density at radius 3 is 2.56 bits per heavy atom. The van der Waals surface area contributed by atoms with E-state index in [-0.39, 0.29) is 5.91 Å². The van der Waals surface area contributed by atoms with Gasteiger partial charge in [0.2, 0.25) is 0 Å². The fourth-order valence-corrected chi connectivity index (χ4v) is 3.24. The summed E-state index contributed by atoms with van der Waals surface area (Å²) in [6, 6.07) is 8.27. The molecule has 1 heterocycles. The van der Waals surface area contributed by atoms with E-state index in [2.05, 4.69) is 15.5 Å². The predicted octanol–water partition coefficient (Wildman–Crippen LogP) is 0.261. The normalized spacial score (nSPS) is 17.9. The Morgan fingerprint density at radius 2 is 1.96 bits per heavy atom.